The second-order valence-electron chi connectivity index (χ2n) is 3.71. The lowest BCUT2D eigenvalue weighted by Crippen LogP contribution is -2.09. The zero-order valence-electron chi connectivity index (χ0n) is 9.71. The quantitative estimate of drug-likeness (QED) is 0.820. The summed E-state index contributed by atoms with van der Waals surface area (Å²) in [6.45, 7) is 6.06. The number of amides is 1. The summed E-state index contributed by atoms with van der Waals surface area (Å²) in [5.41, 5.74) is 0.755. The molecule has 0 unspecified atom stereocenters. The van der Waals surface area contributed by atoms with Crippen molar-refractivity contribution in [3.63, 3.8) is 0 Å². The molecule has 4 heteroatoms. The summed E-state index contributed by atoms with van der Waals surface area (Å²) >= 11 is 7.84. The van der Waals surface area contributed by atoms with Crippen LogP contribution in [0.3, 0.4) is 0 Å². The molecule has 0 aliphatic carbocycles. The minimum absolute atomic E-state index is 0.000305. The van der Waals surface area contributed by atoms with E-state index >= 15 is 0 Å². The largest absolute Gasteiger partial charge is 0.326 e. The monoisotopic (exact) mass is 257 g/mol. The van der Waals surface area contributed by atoms with Gasteiger partial charge in [0.15, 0.2) is 0 Å². The highest BCUT2D eigenvalue weighted by molar-refractivity contribution is 8.00. The summed E-state index contributed by atoms with van der Waals surface area (Å²) in [7, 11) is 0. The first kappa shape index (κ1) is 13.4. The summed E-state index contributed by atoms with van der Waals surface area (Å²) < 4.78 is 0. The molecule has 0 heterocycles. The Morgan fingerprint density at radius 1 is 1.50 bits per heavy atom. The number of carbonyl (C=O) groups is 1. The van der Waals surface area contributed by atoms with Gasteiger partial charge in [-0.2, -0.15) is 0 Å². The number of hydrogen-bond donors (Lipinski definition) is 1. The van der Waals surface area contributed by atoms with Crippen molar-refractivity contribution in [1.29, 1.82) is 0 Å². The van der Waals surface area contributed by atoms with E-state index in [-0.39, 0.29) is 5.91 Å². The van der Waals surface area contributed by atoms with Gasteiger partial charge in [-0.05, 0) is 18.2 Å². The van der Waals surface area contributed by atoms with Crippen LogP contribution >= 0.6 is 23.4 Å². The summed E-state index contributed by atoms with van der Waals surface area (Å²) in [5.74, 6) is 0.000305. The van der Waals surface area contributed by atoms with Crippen molar-refractivity contribution < 1.29 is 4.79 Å². The predicted octanol–water partition coefficient (Wildman–Crippen LogP) is 4.19. The molecule has 0 fully saturated rings. The topological polar surface area (TPSA) is 29.1 Å². The number of thioether (sulfide) groups is 1. The minimum atomic E-state index is 0.000305. The number of hydrogen-bond acceptors (Lipinski definition) is 2. The van der Waals surface area contributed by atoms with Crippen molar-refractivity contribution in [2.75, 3.05) is 5.32 Å². The van der Waals surface area contributed by atoms with E-state index in [4.69, 9.17) is 11.6 Å². The lowest BCUT2D eigenvalue weighted by molar-refractivity contribution is -0.115. The highest BCUT2D eigenvalue weighted by Gasteiger charge is 2.06. The van der Waals surface area contributed by atoms with Crippen LogP contribution in [-0.2, 0) is 4.79 Å². The number of halogens is 1. The molecule has 0 bridgehead atoms. The van der Waals surface area contributed by atoms with Crippen molar-refractivity contribution in [1.82, 2.24) is 0 Å². The molecule has 1 aromatic rings. The van der Waals surface area contributed by atoms with E-state index in [0.717, 1.165) is 10.6 Å². The molecule has 88 valence electrons. The van der Waals surface area contributed by atoms with Gasteiger partial charge in [0.25, 0.3) is 0 Å². The molecule has 0 aliphatic rings. The zero-order chi connectivity index (χ0) is 12.1. The van der Waals surface area contributed by atoms with Gasteiger partial charge >= 0.3 is 0 Å². The third-order valence-electron chi connectivity index (χ3n) is 1.90. The van der Waals surface area contributed by atoms with E-state index in [1.165, 1.54) is 0 Å². The Hall–Kier alpha value is -0.670. The molecule has 1 amide bonds. The molecule has 1 N–H and O–H groups in total. The van der Waals surface area contributed by atoms with E-state index in [9.17, 15) is 4.79 Å². The van der Waals surface area contributed by atoms with Crippen molar-refractivity contribution in [3.8, 4) is 0 Å². The smallest absolute Gasteiger partial charge is 0.224 e. The van der Waals surface area contributed by atoms with E-state index < -0.39 is 0 Å². The lowest BCUT2D eigenvalue weighted by Gasteiger charge is -2.09. The van der Waals surface area contributed by atoms with Gasteiger partial charge in [-0.15, -0.1) is 11.8 Å². The third-order valence-corrected chi connectivity index (χ3v) is 3.41. The average Bonchev–Trinajstić information content (AvgIpc) is 2.21. The van der Waals surface area contributed by atoms with Gasteiger partial charge in [-0.1, -0.05) is 32.4 Å². The highest BCUT2D eigenvalue weighted by atomic mass is 35.5. The minimum Gasteiger partial charge on any atom is -0.326 e. The molecule has 0 aliphatic heterocycles. The van der Waals surface area contributed by atoms with Gasteiger partial charge in [-0.25, -0.2) is 0 Å². The third kappa shape index (κ3) is 4.06. The molecule has 16 heavy (non-hydrogen) atoms. The Balaban J connectivity index is 2.78. The molecule has 2 nitrogen and oxygen atoms in total. The molecule has 1 rings (SSSR count). The van der Waals surface area contributed by atoms with E-state index in [2.05, 4.69) is 19.2 Å². The number of carbonyl (C=O) groups excluding carboxylic acids is 1. The van der Waals surface area contributed by atoms with E-state index in [1.807, 2.05) is 19.1 Å². The van der Waals surface area contributed by atoms with Crippen molar-refractivity contribution >= 4 is 35.0 Å². The van der Waals surface area contributed by atoms with Crippen molar-refractivity contribution in [2.24, 2.45) is 0 Å². The Kier molecular flexibility index (Phi) is 5.16. The Bertz CT molecular complexity index is 379. The van der Waals surface area contributed by atoms with E-state index in [0.29, 0.717) is 16.7 Å². The summed E-state index contributed by atoms with van der Waals surface area (Å²) in [5, 5.41) is 3.96. The number of nitrogens with one attached hydrogen (secondary N) is 1. The summed E-state index contributed by atoms with van der Waals surface area (Å²) in [4.78, 5) is 12.2. The normalized spacial score (nSPS) is 10.6. The van der Waals surface area contributed by atoms with Crippen LogP contribution in [-0.4, -0.2) is 11.2 Å². The second-order valence-corrected chi connectivity index (χ2v) is 5.74. The molecular formula is C12H16ClNOS. The van der Waals surface area contributed by atoms with Gasteiger partial charge in [0.1, 0.15) is 0 Å². The van der Waals surface area contributed by atoms with Crippen LogP contribution in [0.1, 0.15) is 27.2 Å². The first-order valence-electron chi connectivity index (χ1n) is 5.29. The second kappa shape index (κ2) is 6.16. The molecular weight excluding hydrogens is 242 g/mol. The van der Waals surface area contributed by atoms with Crippen LogP contribution < -0.4 is 5.32 Å². The molecule has 0 radical (unpaired) electrons. The molecule has 0 saturated carbocycles. The fourth-order valence-electron chi connectivity index (χ4n) is 1.18. The molecule has 0 atom stereocenters. The van der Waals surface area contributed by atoms with Crippen LogP contribution in [0.4, 0.5) is 5.69 Å². The molecule has 0 saturated heterocycles. The first-order chi connectivity index (χ1) is 7.52. The maximum Gasteiger partial charge on any atom is 0.224 e. The number of anilines is 1. The van der Waals surface area contributed by atoms with Crippen LogP contribution in [0, 0.1) is 0 Å². The van der Waals surface area contributed by atoms with Crippen molar-refractivity contribution in [2.45, 2.75) is 37.3 Å². The fraction of sp³-hybridized carbons (Fsp3) is 0.417. The number of benzene rings is 1. The molecule has 1 aromatic carbocycles. The fourth-order valence-corrected chi connectivity index (χ4v) is 2.32. The van der Waals surface area contributed by atoms with Gasteiger partial charge in [0, 0.05) is 22.3 Å². The Labute approximate surface area is 106 Å². The molecule has 0 aromatic heterocycles. The van der Waals surface area contributed by atoms with Gasteiger partial charge < -0.3 is 5.32 Å². The standard InChI is InChI=1S/C12H16ClNOS/c1-4-12(15)14-9-5-6-11(10(13)7-9)16-8(2)3/h5-8H,4H2,1-3H3,(H,14,15). The zero-order valence-corrected chi connectivity index (χ0v) is 11.3. The Morgan fingerprint density at radius 2 is 2.19 bits per heavy atom. The average molecular weight is 258 g/mol. The van der Waals surface area contributed by atoms with Gasteiger partial charge in [0.2, 0.25) is 5.91 Å². The lowest BCUT2D eigenvalue weighted by atomic mass is 10.3. The highest BCUT2D eigenvalue weighted by Crippen LogP contribution is 2.32. The molecule has 0 spiro atoms. The number of rotatable bonds is 4. The maximum atomic E-state index is 11.2. The van der Waals surface area contributed by atoms with Crippen LogP contribution in [0.5, 0.6) is 0 Å². The summed E-state index contributed by atoms with van der Waals surface area (Å²) in [6.07, 6.45) is 0.472. The summed E-state index contributed by atoms with van der Waals surface area (Å²) in [6, 6.07) is 5.61. The van der Waals surface area contributed by atoms with Crippen molar-refractivity contribution in [3.05, 3.63) is 23.2 Å². The SMILES string of the molecule is CCC(=O)Nc1ccc(SC(C)C)c(Cl)c1. The van der Waals surface area contributed by atoms with Gasteiger partial charge in [-0.3, -0.25) is 4.79 Å². The Morgan fingerprint density at radius 3 is 2.69 bits per heavy atom. The van der Waals surface area contributed by atoms with Crippen LogP contribution in [0.25, 0.3) is 0 Å². The first-order valence-corrected chi connectivity index (χ1v) is 6.54. The maximum absolute atomic E-state index is 11.2. The van der Waals surface area contributed by atoms with Crippen LogP contribution in [0.15, 0.2) is 23.1 Å². The predicted molar refractivity (Wildman–Crippen MR) is 71.4 cm³/mol. The van der Waals surface area contributed by atoms with Gasteiger partial charge in [0.05, 0.1) is 5.02 Å². The van der Waals surface area contributed by atoms with E-state index in [1.54, 1.807) is 17.8 Å². The van der Waals surface area contributed by atoms with Crippen LogP contribution in [0.2, 0.25) is 5.02 Å².